The monoisotopic (exact) mass is 684 g/mol. The summed E-state index contributed by atoms with van der Waals surface area (Å²) in [5.74, 6) is -4.24. The van der Waals surface area contributed by atoms with Crippen molar-refractivity contribution in [3.8, 4) is 0 Å². The molecule has 9 atom stereocenters. The van der Waals surface area contributed by atoms with E-state index in [1.54, 1.807) is 20.8 Å². The van der Waals surface area contributed by atoms with Gasteiger partial charge in [-0.25, -0.2) is 4.57 Å². The number of carboxylic acids is 1. The first kappa shape index (κ1) is 37.9. The van der Waals surface area contributed by atoms with Gasteiger partial charge < -0.3 is 28.4 Å². The van der Waals surface area contributed by atoms with Crippen LogP contribution in [0.1, 0.15) is 59.3 Å². The molecule has 4 rings (SSSR count). The maximum atomic E-state index is 12.4. The van der Waals surface area contributed by atoms with E-state index in [-0.39, 0.29) is 81.9 Å². The highest BCUT2D eigenvalue weighted by Gasteiger charge is 2.56. The van der Waals surface area contributed by atoms with Gasteiger partial charge in [0.05, 0.1) is 88.2 Å². The number of phosphoric ester groups is 1. The van der Waals surface area contributed by atoms with Crippen LogP contribution in [0.4, 0.5) is 0 Å². The molecule has 0 saturated carbocycles. The van der Waals surface area contributed by atoms with E-state index in [9.17, 15) is 33.4 Å². The molecule has 0 aliphatic carbocycles. The summed E-state index contributed by atoms with van der Waals surface area (Å²) in [6.07, 6.45) is 1.79. The van der Waals surface area contributed by atoms with Crippen molar-refractivity contribution < 1.29 is 70.2 Å². The van der Waals surface area contributed by atoms with Crippen molar-refractivity contribution >= 4 is 38.9 Å². The molecule has 4 aliphatic heterocycles. The molecule has 45 heavy (non-hydrogen) atoms. The Morgan fingerprint density at radius 2 is 1.09 bits per heavy atom. The van der Waals surface area contributed by atoms with Gasteiger partial charge in [0.1, 0.15) is 11.6 Å². The number of fused-ring (bicyclic) bond motifs is 4. The zero-order valence-corrected chi connectivity index (χ0v) is 28.2. The van der Waals surface area contributed by atoms with Crippen LogP contribution in [0.3, 0.4) is 0 Å². The molecule has 17 heteroatoms. The Labute approximate surface area is 263 Å². The smallest absolute Gasteiger partial charge is 0.474 e. The Morgan fingerprint density at radius 1 is 0.667 bits per heavy atom. The molecule has 4 heterocycles. The summed E-state index contributed by atoms with van der Waals surface area (Å²) in [5, 5.41) is 9.30. The average molecular weight is 685 g/mol. The van der Waals surface area contributed by atoms with E-state index in [2.05, 4.69) is 0 Å². The number of carbonyl (C=O) groups is 4. The second-order valence-corrected chi connectivity index (χ2v) is 14.8. The van der Waals surface area contributed by atoms with Gasteiger partial charge in [0, 0.05) is 19.5 Å². The van der Waals surface area contributed by atoms with Gasteiger partial charge in [-0.3, -0.25) is 37.3 Å². The van der Waals surface area contributed by atoms with Crippen LogP contribution in [0.2, 0.25) is 0 Å². The van der Waals surface area contributed by atoms with Crippen LogP contribution in [-0.2, 0) is 65.1 Å². The third kappa shape index (κ3) is 9.74. The third-order valence-corrected chi connectivity index (χ3v) is 11.3. The summed E-state index contributed by atoms with van der Waals surface area (Å²) in [6.45, 7) is 6.88. The number of rotatable bonds is 18. The van der Waals surface area contributed by atoms with Gasteiger partial charge in [0.2, 0.25) is 0 Å². The Kier molecular flexibility index (Phi) is 14.4. The summed E-state index contributed by atoms with van der Waals surface area (Å²) in [7, 11) is -5.45. The molecule has 0 amide bonds. The van der Waals surface area contributed by atoms with Crippen molar-refractivity contribution in [2.75, 3.05) is 46.8 Å². The van der Waals surface area contributed by atoms with Crippen molar-refractivity contribution in [2.24, 2.45) is 23.7 Å². The predicted octanol–water partition coefficient (Wildman–Crippen LogP) is 3.81. The SMILES string of the molecule is CCOP(=O)(OCC)OCCC(=O)C1C2CCC(O2)C1C(=O)O.CCOP(C)(=O)OCCC(=O)C1C2CCC(O2)C1C(=O)OC. The number of hydrogen-bond acceptors (Lipinski definition) is 14. The lowest BCUT2D eigenvalue weighted by Crippen LogP contribution is -2.39. The molecule has 4 fully saturated rings. The molecule has 4 aliphatic rings. The Bertz CT molecular complexity index is 1130. The number of Topliss-reactive ketones (excluding diaryl/α,β-unsaturated/α-hetero) is 2. The van der Waals surface area contributed by atoms with Crippen LogP contribution in [0.25, 0.3) is 0 Å². The van der Waals surface area contributed by atoms with Crippen molar-refractivity contribution in [2.45, 2.75) is 83.7 Å². The third-order valence-electron chi connectivity index (χ3n) is 8.26. The van der Waals surface area contributed by atoms with Crippen LogP contribution >= 0.6 is 15.4 Å². The van der Waals surface area contributed by atoms with Crippen molar-refractivity contribution in [3.05, 3.63) is 0 Å². The molecule has 15 nitrogen and oxygen atoms in total. The molecule has 1 N–H and O–H groups in total. The maximum absolute atomic E-state index is 12.4. The highest BCUT2D eigenvalue weighted by atomic mass is 31.2. The lowest BCUT2D eigenvalue weighted by molar-refractivity contribution is -0.151. The highest BCUT2D eigenvalue weighted by Crippen LogP contribution is 2.50. The highest BCUT2D eigenvalue weighted by molar-refractivity contribution is 7.52. The van der Waals surface area contributed by atoms with Crippen LogP contribution in [0.15, 0.2) is 0 Å². The van der Waals surface area contributed by atoms with E-state index < -0.39 is 51.0 Å². The summed E-state index contributed by atoms with van der Waals surface area (Å²) in [4.78, 5) is 48.0. The number of carbonyl (C=O) groups excluding carboxylic acids is 3. The van der Waals surface area contributed by atoms with Crippen LogP contribution in [0.5, 0.6) is 0 Å². The summed E-state index contributed by atoms with van der Waals surface area (Å²) < 4.78 is 65.2. The van der Waals surface area contributed by atoms with E-state index in [0.717, 1.165) is 12.8 Å². The molecule has 0 aromatic rings. The van der Waals surface area contributed by atoms with Gasteiger partial charge in [-0.1, -0.05) is 0 Å². The van der Waals surface area contributed by atoms with Crippen molar-refractivity contribution in [3.63, 3.8) is 0 Å². The lowest BCUT2D eigenvalue weighted by Gasteiger charge is -2.24. The van der Waals surface area contributed by atoms with Crippen molar-refractivity contribution in [1.29, 1.82) is 0 Å². The van der Waals surface area contributed by atoms with Crippen molar-refractivity contribution in [1.82, 2.24) is 0 Å². The van der Waals surface area contributed by atoms with Crippen LogP contribution in [-0.4, -0.2) is 99.8 Å². The Morgan fingerprint density at radius 3 is 1.53 bits per heavy atom. The maximum Gasteiger partial charge on any atom is 0.474 e. The number of carboxylic acid groups (broad SMARTS) is 1. The van der Waals surface area contributed by atoms with E-state index in [4.69, 9.17) is 36.8 Å². The number of aliphatic carboxylic acids is 1. The van der Waals surface area contributed by atoms with Gasteiger partial charge in [-0.15, -0.1) is 0 Å². The average Bonchev–Trinajstić information content (AvgIpc) is 3.78. The van der Waals surface area contributed by atoms with Gasteiger partial charge >= 0.3 is 27.4 Å². The number of esters is 1. The van der Waals surface area contributed by atoms with E-state index in [1.165, 1.54) is 13.8 Å². The molecule has 258 valence electrons. The zero-order chi connectivity index (χ0) is 33.4. The summed E-state index contributed by atoms with van der Waals surface area (Å²) in [6, 6.07) is 0. The molecule has 0 aromatic carbocycles. The van der Waals surface area contributed by atoms with Crippen LogP contribution in [0, 0.1) is 23.7 Å². The molecule has 0 spiro atoms. The number of ether oxygens (including phenoxy) is 3. The molecule has 4 saturated heterocycles. The largest absolute Gasteiger partial charge is 0.481 e. The number of ketones is 2. The topological polar surface area (TPSA) is 196 Å². The first-order valence-electron chi connectivity index (χ1n) is 15.4. The molecule has 0 radical (unpaired) electrons. The van der Waals surface area contributed by atoms with E-state index in [0.29, 0.717) is 12.8 Å². The fourth-order valence-electron chi connectivity index (χ4n) is 6.53. The summed E-state index contributed by atoms with van der Waals surface area (Å²) in [5.41, 5.74) is 0. The fourth-order valence-corrected chi connectivity index (χ4v) is 8.66. The van der Waals surface area contributed by atoms with E-state index in [1.807, 2.05) is 0 Å². The van der Waals surface area contributed by atoms with Gasteiger partial charge in [-0.05, 0) is 46.5 Å². The second kappa shape index (κ2) is 17.0. The predicted molar refractivity (Wildman–Crippen MR) is 157 cm³/mol. The summed E-state index contributed by atoms with van der Waals surface area (Å²) >= 11 is 0. The molecule has 0 aromatic heterocycles. The van der Waals surface area contributed by atoms with E-state index >= 15 is 0 Å². The van der Waals surface area contributed by atoms with Gasteiger partial charge in [-0.2, -0.15) is 0 Å². The molecular formula is C28H46O15P2. The van der Waals surface area contributed by atoms with Gasteiger partial charge in [0.25, 0.3) is 0 Å². The number of methoxy groups -OCH3 is 1. The minimum absolute atomic E-state index is 0.00832. The molecule has 4 bridgehead atoms. The first-order valence-corrected chi connectivity index (χ1v) is 18.8. The minimum atomic E-state index is -3.65. The first-order chi connectivity index (χ1) is 21.3. The Hall–Kier alpha value is -1.54. The molecule has 9 unspecified atom stereocenters. The fraction of sp³-hybridized carbons (Fsp3) is 0.857. The number of phosphoric acid groups is 1. The second-order valence-electron chi connectivity index (χ2n) is 11.1. The minimum Gasteiger partial charge on any atom is -0.481 e. The quantitative estimate of drug-likeness (QED) is 0.161. The molecular weight excluding hydrogens is 638 g/mol. The van der Waals surface area contributed by atoms with Gasteiger partial charge in [0.15, 0.2) is 0 Å². The lowest BCUT2D eigenvalue weighted by atomic mass is 9.76. The number of hydrogen-bond donors (Lipinski definition) is 1. The zero-order valence-electron chi connectivity index (χ0n) is 26.5. The normalized spacial score (nSPS) is 31.2. The standard InChI is InChI=1S/C14H23O8P.C14H23O7P/c1-3-19-23(18,20-4-2)21-8-7-9(15)12-10-5-6-11(22-10)13(12)14(16)17;1-4-19-22(3,17)20-8-7-9(15)12-10-5-6-11(21-10)13(12)14(16)18-2/h10-13H,3-8H2,1-2H3,(H,16,17);10-13H,4-8H2,1-3H3. The Balaban J connectivity index is 0.000000246. The van der Waals surface area contributed by atoms with Crippen LogP contribution < -0.4 is 0 Å².